The maximum absolute atomic E-state index is 6.44. The Bertz CT molecular complexity index is 652. The molecule has 4 rings (SSSR count). The lowest BCUT2D eigenvalue weighted by molar-refractivity contribution is 0.290. The molecular formula is C15H17Cl2N3. The summed E-state index contributed by atoms with van der Waals surface area (Å²) in [5.74, 6) is 1.39. The van der Waals surface area contributed by atoms with Crippen LogP contribution < -0.4 is 0 Å². The van der Waals surface area contributed by atoms with Crippen molar-refractivity contribution in [1.82, 2.24) is 14.5 Å². The molecule has 2 aromatic rings. The minimum Gasteiger partial charge on any atom is -0.321 e. The molecule has 0 spiro atoms. The topological polar surface area (TPSA) is 21.1 Å². The monoisotopic (exact) mass is 309 g/mol. The molecule has 2 unspecified atom stereocenters. The highest BCUT2D eigenvalue weighted by molar-refractivity contribution is 6.35. The van der Waals surface area contributed by atoms with Gasteiger partial charge in [0.25, 0.3) is 0 Å². The van der Waals surface area contributed by atoms with E-state index in [9.17, 15) is 0 Å². The summed E-state index contributed by atoms with van der Waals surface area (Å²) in [6.45, 7) is 2.42. The van der Waals surface area contributed by atoms with Gasteiger partial charge >= 0.3 is 0 Å². The average Bonchev–Trinajstić information content (AvgIpc) is 3.10. The molecule has 2 aliphatic heterocycles. The van der Waals surface area contributed by atoms with Crippen molar-refractivity contribution in [3.8, 4) is 0 Å². The summed E-state index contributed by atoms with van der Waals surface area (Å²) < 4.78 is 2.32. The molecule has 0 aliphatic carbocycles. The molecule has 0 bridgehead atoms. The lowest BCUT2D eigenvalue weighted by Crippen LogP contribution is -2.28. The van der Waals surface area contributed by atoms with E-state index >= 15 is 0 Å². The Kier molecular flexibility index (Phi) is 3.17. The van der Waals surface area contributed by atoms with E-state index in [4.69, 9.17) is 23.2 Å². The van der Waals surface area contributed by atoms with Gasteiger partial charge in [0.1, 0.15) is 5.82 Å². The number of nitrogens with zero attached hydrogens (tertiary/aromatic N) is 3. The molecule has 3 nitrogen and oxygen atoms in total. The number of alkyl halides is 1. The van der Waals surface area contributed by atoms with Crippen molar-refractivity contribution >= 4 is 34.2 Å². The first-order chi connectivity index (χ1) is 9.79. The normalized spacial score (nSPS) is 26.5. The molecule has 2 aliphatic rings. The third-order valence-electron chi connectivity index (χ3n) is 4.76. The molecule has 2 saturated heterocycles. The Morgan fingerprint density at radius 3 is 2.95 bits per heavy atom. The van der Waals surface area contributed by atoms with Crippen LogP contribution in [-0.4, -0.2) is 33.6 Å². The van der Waals surface area contributed by atoms with Crippen LogP contribution >= 0.6 is 23.2 Å². The molecule has 1 aromatic heterocycles. The third-order valence-corrected chi connectivity index (χ3v) is 5.30. The standard InChI is InChI=1S/C15H17Cl2N3/c16-9-14-18-11-4-1-3-10(17)15(11)20(14)13-6-8-19-7-2-5-12(13)19/h1,3-4,12-13H,2,5-9H2. The molecule has 2 fully saturated rings. The fourth-order valence-corrected chi connectivity index (χ4v) is 4.41. The Morgan fingerprint density at radius 1 is 1.20 bits per heavy atom. The predicted octanol–water partition coefficient (Wildman–Crippen LogP) is 3.84. The highest BCUT2D eigenvalue weighted by Gasteiger charge is 2.39. The number of fused-ring (bicyclic) bond motifs is 2. The van der Waals surface area contributed by atoms with Gasteiger partial charge in [0, 0.05) is 12.6 Å². The number of benzene rings is 1. The predicted molar refractivity (Wildman–Crippen MR) is 82.5 cm³/mol. The number of para-hydroxylation sites is 1. The zero-order valence-electron chi connectivity index (χ0n) is 11.2. The molecule has 20 heavy (non-hydrogen) atoms. The molecule has 106 valence electrons. The number of halogens is 2. The first-order valence-electron chi connectivity index (χ1n) is 7.25. The largest absolute Gasteiger partial charge is 0.321 e. The smallest absolute Gasteiger partial charge is 0.125 e. The van der Waals surface area contributed by atoms with Crippen LogP contribution in [0.4, 0.5) is 0 Å². The zero-order chi connectivity index (χ0) is 13.7. The number of hydrogen-bond donors (Lipinski definition) is 0. The van der Waals surface area contributed by atoms with Gasteiger partial charge in [-0.15, -0.1) is 11.6 Å². The van der Waals surface area contributed by atoms with Crippen molar-refractivity contribution in [3.05, 3.63) is 29.0 Å². The van der Waals surface area contributed by atoms with Crippen molar-refractivity contribution in [1.29, 1.82) is 0 Å². The Labute approximate surface area is 128 Å². The van der Waals surface area contributed by atoms with Gasteiger partial charge in [0.2, 0.25) is 0 Å². The summed E-state index contributed by atoms with van der Waals surface area (Å²) in [6.07, 6.45) is 3.75. The third kappa shape index (κ3) is 1.80. The molecule has 3 heterocycles. The van der Waals surface area contributed by atoms with Gasteiger partial charge in [-0.25, -0.2) is 4.98 Å². The molecule has 0 N–H and O–H groups in total. The van der Waals surface area contributed by atoms with Crippen molar-refractivity contribution in [2.75, 3.05) is 13.1 Å². The zero-order valence-corrected chi connectivity index (χ0v) is 12.7. The summed E-state index contributed by atoms with van der Waals surface area (Å²) in [7, 11) is 0. The second-order valence-corrected chi connectivity index (χ2v) is 6.42. The van der Waals surface area contributed by atoms with E-state index < -0.39 is 0 Å². The van der Waals surface area contributed by atoms with Crippen molar-refractivity contribution < 1.29 is 0 Å². The van der Waals surface area contributed by atoms with Gasteiger partial charge in [-0.05, 0) is 37.9 Å². The van der Waals surface area contributed by atoms with Crippen molar-refractivity contribution in [3.63, 3.8) is 0 Å². The van der Waals surface area contributed by atoms with Crippen LogP contribution in [-0.2, 0) is 5.88 Å². The van der Waals surface area contributed by atoms with Crippen LogP contribution in [0.5, 0.6) is 0 Å². The lowest BCUT2D eigenvalue weighted by Gasteiger charge is -2.23. The molecular weight excluding hydrogens is 293 g/mol. The van der Waals surface area contributed by atoms with Crippen molar-refractivity contribution in [2.45, 2.75) is 37.2 Å². The summed E-state index contributed by atoms with van der Waals surface area (Å²) in [5.41, 5.74) is 2.02. The SMILES string of the molecule is ClCc1nc2cccc(Cl)c2n1C1CCN2CCCC12. The second kappa shape index (κ2) is 4.90. The molecule has 0 amide bonds. The quantitative estimate of drug-likeness (QED) is 0.786. The molecule has 5 heteroatoms. The molecule has 1 aromatic carbocycles. The van der Waals surface area contributed by atoms with Gasteiger partial charge in [0.15, 0.2) is 0 Å². The van der Waals surface area contributed by atoms with E-state index in [-0.39, 0.29) is 0 Å². The highest BCUT2D eigenvalue weighted by Crippen LogP contribution is 2.40. The van der Waals surface area contributed by atoms with Gasteiger partial charge in [0.05, 0.1) is 28.0 Å². The fraction of sp³-hybridized carbons (Fsp3) is 0.533. The molecule has 0 radical (unpaired) electrons. The minimum atomic E-state index is 0.439. The number of aromatic nitrogens is 2. The first-order valence-corrected chi connectivity index (χ1v) is 8.16. The summed E-state index contributed by atoms with van der Waals surface area (Å²) in [5, 5.41) is 0.780. The fourth-order valence-electron chi connectivity index (χ4n) is 3.96. The summed E-state index contributed by atoms with van der Waals surface area (Å²) >= 11 is 12.6. The van der Waals surface area contributed by atoms with Crippen LogP contribution in [0.15, 0.2) is 18.2 Å². The van der Waals surface area contributed by atoms with Gasteiger partial charge in [-0.2, -0.15) is 0 Å². The van der Waals surface area contributed by atoms with Gasteiger partial charge in [-0.3, -0.25) is 4.90 Å². The van der Waals surface area contributed by atoms with E-state index in [1.807, 2.05) is 18.2 Å². The van der Waals surface area contributed by atoms with Crippen molar-refractivity contribution in [2.24, 2.45) is 0 Å². The maximum atomic E-state index is 6.44. The van der Waals surface area contributed by atoms with Gasteiger partial charge in [-0.1, -0.05) is 17.7 Å². The van der Waals surface area contributed by atoms with Crippen LogP contribution in [0, 0.1) is 0 Å². The first kappa shape index (κ1) is 12.9. The van der Waals surface area contributed by atoms with E-state index in [1.54, 1.807) is 0 Å². The Hall–Kier alpha value is -0.770. The van der Waals surface area contributed by atoms with E-state index in [0.29, 0.717) is 18.0 Å². The lowest BCUT2D eigenvalue weighted by atomic mass is 10.1. The molecule has 0 saturated carbocycles. The molecule has 2 atom stereocenters. The summed E-state index contributed by atoms with van der Waals surface area (Å²) in [4.78, 5) is 7.28. The number of hydrogen-bond acceptors (Lipinski definition) is 2. The van der Waals surface area contributed by atoms with Crippen LogP contribution in [0.25, 0.3) is 11.0 Å². The Morgan fingerprint density at radius 2 is 2.10 bits per heavy atom. The van der Waals surface area contributed by atoms with E-state index in [2.05, 4.69) is 14.5 Å². The van der Waals surface area contributed by atoms with Gasteiger partial charge < -0.3 is 4.57 Å². The van der Waals surface area contributed by atoms with Crippen LogP contribution in [0.1, 0.15) is 31.1 Å². The van der Waals surface area contributed by atoms with Crippen LogP contribution in [0.3, 0.4) is 0 Å². The maximum Gasteiger partial charge on any atom is 0.125 e. The number of imidazole rings is 1. The van der Waals surface area contributed by atoms with E-state index in [0.717, 1.165) is 21.9 Å². The van der Waals surface area contributed by atoms with E-state index in [1.165, 1.54) is 32.4 Å². The Balaban J connectivity index is 1.90. The minimum absolute atomic E-state index is 0.439. The highest BCUT2D eigenvalue weighted by atomic mass is 35.5. The average molecular weight is 310 g/mol. The number of rotatable bonds is 2. The summed E-state index contributed by atoms with van der Waals surface area (Å²) in [6, 6.07) is 7.02. The van der Waals surface area contributed by atoms with Crippen LogP contribution in [0.2, 0.25) is 5.02 Å². The second-order valence-electron chi connectivity index (χ2n) is 5.74.